The largest absolute Gasteiger partial charge is 0.392 e. The first-order valence-electron chi connectivity index (χ1n) is 5.98. The number of carbonyl (C=O) groups excluding carboxylic acids is 1. The Morgan fingerprint density at radius 1 is 1.28 bits per heavy atom. The van der Waals surface area contributed by atoms with E-state index in [1.54, 1.807) is 0 Å². The molecule has 1 aromatic carbocycles. The first kappa shape index (κ1) is 13.4. The third kappa shape index (κ3) is 3.73. The molecular formula is C13H17NO3S. The zero-order chi connectivity index (χ0) is 12.8. The van der Waals surface area contributed by atoms with Crippen LogP contribution in [-0.4, -0.2) is 48.0 Å². The summed E-state index contributed by atoms with van der Waals surface area (Å²) in [6.45, 7) is 2.73. The summed E-state index contributed by atoms with van der Waals surface area (Å²) in [5.74, 6) is 0.618. The van der Waals surface area contributed by atoms with Crippen molar-refractivity contribution in [2.75, 3.05) is 32.1 Å². The number of ether oxygens (including phenoxy) is 1. The first-order valence-corrected chi connectivity index (χ1v) is 6.96. The number of morpholine rings is 1. The summed E-state index contributed by atoms with van der Waals surface area (Å²) in [6, 6.07) is 7.62. The maximum atomic E-state index is 11.9. The van der Waals surface area contributed by atoms with E-state index >= 15 is 0 Å². The molecule has 2 rings (SSSR count). The third-order valence-electron chi connectivity index (χ3n) is 2.83. The molecule has 0 atom stereocenters. The van der Waals surface area contributed by atoms with Crippen LogP contribution >= 0.6 is 11.8 Å². The second-order valence-corrected chi connectivity index (χ2v) is 5.13. The molecule has 1 aliphatic heterocycles. The average molecular weight is 267 g/mol. The van der Waals surface area contributed by atoms with Gasteiger partial charge in [-0.2, -0.15) is 0 Å². The molecule has 1 saturated heterocycles. The molecule has 5 heteroatoms. The molecule has 0 unspecified atom stereocenters. The van der Waals surface area contributed by atoms with Crippen LogP contribution in [-0.2, 0) is 16.1 Å². The van der Waals surface area contributed by atoms with Gasteiger partial charge < -0.3 is 14.7 Å². The van der Waals surface area contributed by atoms with Gasteiger partial charge in [-0.05, 0) is 17.7 Å². The Morgan fingerprint density at radius 2 is 1.94 bits per heavy atom. The smallest absolute Gasteiger partial charge is 0.233 e. The molecule has 0 aromatic heterocycles. The molecule has 0 spiro atoms. The van der Waals surface area contributed by atoms with Crippen molar-refractivity contribution < 1.29 is 14.6 Å². The standard InChI is InChI=1S/C13H17NO3S/c15-9-11-1-3-12(4-2-11)18-10-13(16)14-5-7-17-8-6-14/h1-4,15H,5-10H2. The molecule has 0 saturated carbocycles. The topological polar surface area (TPSA) is 49.8 Å². The Morgan fingerprint density at radius 3 is 2.56 bits per heavy atom. The van der Waals surface area contributed by atoms with E-state index in [4.69, 9.17) is 9.84 Å². The summed E-state index contributed by atoms with van der Waals surface area (Å²) in [5, 5.41) is 8.94. The molecule has 0 bridgehead atoms. The van der Waals surface area contributed by atoms with E-state index in [9.17, 15) is 4.79 Å². The van der Waals surface area contributed by atoms with Gasteiger partial charge in [0.15, 0.2) is 0 Å². The molecule has 0 aliphatic carbocycles. The van der Waals surface area contributed by atoms with E-state index in [1.165, 1.54) is 11.8 Å². The molecule has 98 valence electrons. The van der Waals surface area contributed by atoms with Gasteiger partial charge in [-0.25, -0.2) is 0 Å². The molecule has 4 nitrogen and oxygen atoms in total. The second kappa shape index (κ2) is 6.78. The number of amides is 1. The monoisotopic (exact) mass is 267 g/mol. The molecule has 1 aromatic rings. The Labute approximate surface area is 111 Å². The lowest BCUT2D eigenvalue weighted by Crippen LogP contribution is -2.41. The molecule has 1 heterocycles. The Hall–Kier alpha value is -1.04. The number of hydrogen-bond donors (Lipinski definition) is 1. The van der Waals surface area contributed by atoms with Gasteiger partial charge in [0.1, 0.15) is 0 Å². The zero-order valence-electron chi connectivity index (χ0n) is 10.2. The molecule has 1 aliphatic rings. The van der Waals surface area contributed by atoms with E-state index in [2.05, 4.69) is 0 Å². The summed E-state index contributed by atoms with van der Waals surface area (Å²) in [6.07, 6.45) is 0. The van der Waals surface area contributed by atoms with Gasteiger partial charge in [0.2, 0.25) is 5.91 Å². The number of nitrogens with zero attached hydrogens (tertiary/aromatic N) is 1. The van der Waals surface area contributed by atoms with E-state index in [1.807, 2.05) is 29.2 Å². The van der Waals surface area contributed by atoms with E-state index < -0.39 is 0 Å². The number of aliphatic hydroxyl groups is 1. The fourth-order valence-corrected chi connectivity index (χ4v) is 2.54. The maximum Gasteiger partial charge on any atom is 0.233 e. The number of aliphatic hydroxyl groups excluding tert-OH is 1. The second-order valence-electron chi connectivity index (χ2n) is 4.08. The lowest BCUT2D eigenvalue weighted by molar-refractivity contribution is -0.132. The van der Waals surface area contributed by atoms with Crippen LogP contribution in [0.1, 0.15) is 5.56 Å². The number of rotatable bonds is 4. The van der Waals surface area contributed by atoms with Crippen LogP contribution in [0.4, 0.5) is 0 Å². The number of hydrogen-bond acceptors (Lipinski definition) is 4. The van der Waals surface area contributed by atoms with Gasteiger partial charge in [-0.3, -0.25) is 4.79 Å². The van der Waals surface area contributed by atoms with Crippen LogP contribution in [0.25, 0.3) is 0 Å². The van der Waals surface area contributed by atoms with Crippen molar-refractivity contribution >= 4 is 17.7 Å². The quantitative estimate of drug-likeness (QED) is 0.831. The lowest BCUT2D eigenvalue weighted by Gasteiger charge is -2.26. The van der Waals surface area contributed by atoms with E-state index in [-0.39, 0.29) is 12.5 Å². The minimum absolute atomic E-state index is 0.0532. The first-order chi connectivity index (χ1) is 8.79. The number of thioether (sulfide) groups is 1. The van der Waals surface area contributed by atoms with Crippen molar-refractivity contribution in [2.24, 2.45) is 0 Å². The van der Waals surface area contributed by atoms with Crippen LogP contribution in [0.3, 0.4) is 0 Å². The Bertz CT molecular complexity index is 388. The van der Waals surface area contributed by atoms with Crippen molar-refractivity contribution in [3.63, 3.8) is 0 Å². The van der Waals surface area contributed by atoms with Gasteiger partial charge in [0.25, 0.3) is 0 Å². The van der Waals surface area contributed by atoms with Crippen LogP contribution in [0.5, 0.6) is 0 Å². The van der Waals surface area contributed by atoms with Crippen LogP contribution in [0, 0.1) is 0 Å². The highest BCUT2D eigenvalue weighted by molar-refractivity contribution is 8.00. The summed E-state index contributed by atoms with van der Waals surface area (Å²) < 4.78 is 5.21. The summed E-state index contributed by atoms with van der Waals surface area (Å²) in [7, 11) is 0. The molecule has 1 N–H and O–H groups in total. The predicted molar refractivity (Wildman–Crippen MR) is 70.5 cm³/mol. The van der Waals surface area contributed by atoms with Crippen molar-refractivity contribution in [1.82, 2.24) is 4.90 Å². The summed E-state index contributed by atoms with van der Waals surface area (Å²) in [4.78, 5) is 14.8. The highest BCUT2D eigenvalue weighted by atomic mass is 32.2. The van der Waals surface area contributed by atoms with Crippen molar-refractivity contribution in [3.8, 4) is 0 Å². The SMILES string of the molecule is O=C(CSc1ccc(CO)cc1)N1CCOCC1. The molecule has 18 heavy (non-hydrogen) atoms. The Kier molecular flexibility index (Phi) is 5.04. The third-order valence-corrected chi connectivity index (χ3v) is 3.83. The zero-order valence-corrected chi connectivity index (χ0v) is 11.0. The van der Waals surface area contributed by atoms with Crippen LogP contribution in [0.15, 0.2) is 29.2 Å². The van der Waals surface area contributed by atoms with Crippen LogP contribution in [0.2, 0.25) is 0 Å². The van der Waals surface area contributed by atoms with Crippen molar-refractivity contribution in [3.05, 3.63) is 29.8 Å². The van der Waals surface area contributed by atoms with Gasteiger partial charge >= 0.3 is 0 Å². The highest BCUT2D eigenvalue weighted by Gasteiger charge is 2.16. The fourth-order valence-electron chi connectivity index (χ4n) is 1.74. The molecule has 1 amide bonds. The average Bonchev–Trinajstić information content (AvgIpc) is 2.46. The van der Waals surface area contributed by atoms with E-state index in [0.29, 0.717) is 32.1 Å². The molecule has 0 radical (unpaired) electrons. The van der Waals surface area contributed by atoms with Gasteiger partial charge in [0.05, 0.1) is 25.6 Å². The fraction of sp³-hybridized carbons (Fsp3) is 0.462. The van der Waals surface area contributed by atoms with Crippen LogP contribution < -0.4 is 0 Å². The lowest BCUT2D eigenvalue weighted by atomic mass is 10.2. The van der Waals surface area contributed by atoms with Crippen molar-refractivity contribution in [1.29, 1.82) is 0 Å². The Balaban J connectivity index is 1.80. The maximum absolute atomic E-state index is 11.9. The molecular weight excluding hydrogens is 250 g/mol. The van der Waals surface area contributed by atoms with Gasteiger partial charge in [-0.15, -0.1) is 11.8 Å². The number of carbonyl (C=O) groups is 1. The van der Waals surface area contributed by atoms with Gasteiger partial charge in [0, 0.05) is 18.0 Å². The normalized spacial score (nSPS) is 15.7. The number of benzene rings is 1. The highest BCUT2D eigenvalue weighted by Crippen LogP contribution is 2.19. The van der Waals surface area contributed by atoms with E-state index in [0.717, 1.165) is 10.5 Å². The van der Waals surface area contributed by atoms with Crippen molar-refractivity contribution in [2.45, 2.75) is 11.5 Å². The van der Waals surface area contributed by atoms with Gasteiger partial charge in [-0.1, -0.05) is 12.1 Å². The predicted octanol–water partition coefficient (Wildman–Crippen LogP) is 1.13. The summed E-state index contributed by atoms with van der Waals surface area (Å²) >= 11 is 1.53. The minimum atomic E-state index is 0.0532. The molecule has 1 fully saturated rings. The summed E-state index contributed by atoms with van der Waals surface area (Å²) in [5.41, 5.74) is 0.888. The minimum Gasteiger partial charge on any atom is -0.392 e.